The molecule has 1 aliphatic rings. The molecule has 1 fully saturated rings. The molecule has 1 heterocycles. The van der Waals surface area contributed by atoms with Crippen LogP contribution in [0.25, 0.3) is 0 Å². The lowest BCUT2D eigenvalue weighted by Gasteiger charge is -2.25. The SMILES string of the molecule is CC[C@@H](C(=O)NC1CCCCC1)n1ncc(N(C)C)cc1=O. The molecule has 0 aromatic carbocycles. The third-order valence-corrected chi connectivity index (χ3v) is 4.26. The lowest BCUT2D eigenvalue weighted by atomic mass is 9.95. The van der Waals surface area contributed by atoms with E-state index in [1.807, 2.05) is 25.9 Å². The summed E-state index contributed by atoms with van der Waals surface area (Å²) in [6.45, 7) is 1.90. The molecule has 0 spiro atoms. The number of amides is 1. The van der Waals surface area contributed by atoms with Crippen LogP contribution in [0.3, 0.4) is 0 Å². The minimum absolute atomic E-state index is 0.0957. The summed E-state index contributed by atoms with van der Waals surface area (Å²) in [5.41, 5.74) is 0.501. The van der Waals surface area contributed by atoms with Crippen LogP contribution in [0.15, 0.2) is 17.1 Å². The van der Waals surface area contributed by atoms with Crippen LogP contribution >= 0.6 is 0 Å². The highest BCUT2D eigenvalue weighted by Gasteiger charge is 2.24. The first-order chi connectivity index (χ1) is 10.5. The van der Waals surface area contributed by atoms with Gasteiger partial charge in [0, 0.05) is 26.2 Å². The first-order valence-corrected chi connectivity index (χ1v) is 8.09. The summed E-state index contributed by atoms with van der Waals surface area (Å²) in [5.74, 6) is -0.0957. The topological polar surface area (TPSA) is 67.2 Å². The molecule has 6 heteroatoms. The summed E-state index contributed by atoms with van der Waals surface area (Å²) in [5, 5.41) is 7.27. The molecule has 1 atom stereocenters. The first-order valence-electron chi connectivity index (χ1n) is 8.09. The summed E-state index contributed by atoms with van der Waals surface area (Å²) in [6.07, 6.45) is 7.81. The van der Waals surface area contributed by atoms with Crippen LogP contribution in [0, 0.1) is 0 Å². The third-order valence-electron chi connectivity index (χ3n) is 4.26. The maximum Gasteiger partial charge on any atom is 0.269 e. The predicted molar refractivity (Wildman–Crippen MR) is 87.2 cm³/mol. The molecule has 0 unspecified atom stereocenters. The summed E-state index contributed by atoms with van der Waals surface area (Å²) in [7, 11) is 3.71. The Morgan fingerprint density at radius 2 is 2.09 bits per heavy atom. The van der Waals surface area contributed by atoms with E-state index in [0.717, 1.165) is 31.4 Å². The predicted octanol–water partition coefficient (Wildman–Crippen LogP) is 1.71. The van der Waals surface area contributed by atoms with E-state index < -0.39 is 6.04 Å². The van der Waals surface area contributed by atoms with Crippen LogP contribution in [0.4, 0.5) is 5.69 Å². The molecule has 1 saturated carbocycles. The number of nitrogens with zero attached hydrogens (tertiary/aromatic N) is 3. The molecule has 1 aromatic rings. The molecule has 122 valence electrons. The number of anilines is 1. The quantitative estimate of drug-likeness (QED) is 0.899. The lowest BCUT2D eigenvalue weighted by Crippen LogP contribution is -2.43. The van der Waals surface area contributed by atoms with Crippen molar-refractivity contribution in [2.24, 2.45) is 0 Å². The molecular formula is C16H26N4O2. The Morgan fingerprint density at radius 3 is 2.64 bits per heavy atom. The second kappa shape index (κ2) is 7.42. The monoisotopic (exact) mass is 306 g/mol. The maximum atomic E-state index is 12.5. The van der Waals surface area contributed by atoms with Crippen molar-refractivity contribution in [3.63, 3.8) is 0 Å². The van der Waals surface area contributed by atoms with Crippen molar-refractivity contribution in [2.75, 3.05) is 19.0 Å². The third kappa shape index (κ3) is 3.87. The van der Waals surface area contributed by atoms with Gasteiger partial charge >= 0.3 is 0 Å². The molecule has 1 aromatic heterocycles. The Kier molecular flexibility index (Phi) is 5.57. The highest BCUT2D eigenvalue weighted by Crippen LogP contribution is 2.19. The van der Waals surface area contributed by atoms with Gasteiger partial charge in [-0.25, -0.2) is 4.68 Å². The fourth-order valence-corrected chi connectivity index (χ4v) is 2.90. The normalized spacial score (nSPS) is 17.0. The Morgan fingerprint density at radius 1 is 1.41 bits per heavy atom. The van der Waals surface area contributed by atoms with Gasteiger partial charge in [0.25, 0.3) is 5.56 Å². The zero-order valence-corrected chi connectivity index (χ0v) is 13.7. The highest BCUT2D eigenvalue weighted by atomic mass is 16.2. The van der Waals surface area contributed by atoms with Crippen molar-refractivity contribution < 1.29 is 4.79 Å². The minimum atomic E-state index is -0.536. The van der Waals surface area contributed by atoms with E-state index in [0.29, 0.717) is 6.42 Å². The van der Waals surface area contributed by atoms with Crippen molar-refractivity contribution in [1.82, 2.24) is 15.1 Å². The van der Waals surface area contributed by atoms with E-state index in [9.17, 15) is 9.59 Å². The number of carbonyl (C=O) groups is 1. The van der Waals surface area contributed by atoms with Gasteiger partial charge in [0.05, 0.1) is 11.9 Å². The van der Waals surface area contributed by atoms with Gasteiger partial charge in [0.2, 0.25) is 5.91 Å². The minimum Gasteiger partial charge on any atom is -0.376 e. The van der Waals surface area contributed by atoms with Crippen molar-refractivity contribution in [3.8, 4) is 0 Å². The van der Waals surface area contributed by atoms with Crippen LogP contribution in [0.1, 0.15) is 51.5 Å². The number of nitrogens with one attached hydrogen (secondary N) is 1. The molecule has 0 bridgehead atoms. The van der Waals surface area contributed by atoms with E-state index in [1.165, 1.54) is 17.2 Å². The molecule has 1 amide bonds. The van der Waals surface area contributed by atoms with Gasteiger partial charge in [-0.3, -0.25) is 9.59 Å². The molecule has 2 rings (SSSR count). The van der Waals surface area contributed by atoms with Crippen LogP contribution in [0.2, 0.25) is 0 Å². The van der Waals surface area contributed by atoms with Crippen molar-refractivity contribution in [2.45, 2.75) is 57.5 Å². The van der Waals surface area contributed by atoms with Gasteiger partial charge in [-0.15, -0.1) is 0 Å². The molecule has 22 heavy (non-hydrogen) atoms. The van der Waals surface area contributed by atoms with E-state index in [4.69, 9.17) is 0 Å². The summed E-state index contributed by atoms with van der Waals surface area (Å²) < 4.78 is 1.30. The van der Waals surface area contributed by atoms with Crippen molar-refractivity contribution in [3.05, 3.63) is 22.6 Å². The molecule has 6 nitrogen and oxygen atoms in total. The van der Waals surface area contributed by atoms with Crippen molar-refractivity contribution >= 4 is 11.6 Å². The Bertz CT molecular complexity index is 562. The second-order valence-corrected chi connectivity index (χ2v) is 6.16. The van der Waals surface area contributed by atoms with E-state index in [-0.39, 0.29) is 17.5 Å². The second-order valence-electron chi connectivity index (χ2n) is 6.16. The van der Waals surface area contributed by atoms with Crippen LogP contribution in [0.5, 0.6) is 0 Å². The van der Waals surface area contributed by atoms with Gasteiger partial charge < -0.3 is 10.2 Å². The average Bonchev–Trinajstić information content (AvgIpc) is 2.50. The number of rotatable bonds is 5. The largest absolute Gasteiger partial charge is 0.376 e. The molecular weight excluding hydrogens is 280 g/mol. The fourth-order valence-electron chi connectivity index (χ4n) is 2.90. The molecule has 0 aliphatic heterocycles. The fraction of sp³-hybridized carbons (Fsp3) is 0.688. The molecule has 0 saturated heterocycles. The van der Waals surface area contributed by atoms with Gasteiger partial charge in [0.15, 0.2) is 0 Å². The summed E-state index contributed by atoms with van der Waals surface area (Å²) in [6, 6.07) is 1.22. The number of hydrogen-bond acceptors (Lipinski definition) is 4. The molecule has 1 N–H and O–H groups in total. The smallest absolute Gasteiger partial charge is 0.269 e. The average molecular weight is 306 g/mol. The molecule has 0 radical (unpaired) electrons. The zero-order valence-electron chi connectivity index (χ0n) is 13.7. The summed E-state index contributed by atoms with van der Waals surface area (Å²) >= 11 is 0. The maximum absolute atomic E-state index is 12.5. The van der Waals surface area contributed by atoms with Crippen LogP contribution in [-0.2, 0) is 4.79 Å². The van der Waals surface area contributed by atoms with Gasteiger partial charge in [-0.2, -0.15) is 5.10 Å². The van der Waals surface area contributed by atoms with Crippen molar-refractivity contribution in [1.29, 1.82) is 0 Å². The lowest BCUT2D eigenvalue weighted by molar-refractivity contribution is -0.125. The van der Waals surface area contributed by atoms with E-state index in [2.05, 4.69) is 10.4 Å². The van der Waals surface area contributed by atoms with Crippen LogP contribution < -0.4 is 15.8 Å². The van der Waals surface area contributed by atoms with Gasteiger partial charge in [-0.1, -0.05) is 26.2 Å². The first kappa shape index (κ1) is 16.5. The number of carbonyl (C=O) groups excluding carboxylic acids is 1. The van der Waals surface area contributed by atoms with Crippen LogP contribution in [-0.4, -0.2) is 35.8 Å². The Labute approximate surface area is 131 Å². The van der Waals surface area contributed by atoms with E-state index >= 15 is 0 Å². The highest BCUT2D eigenvalue weighted by molar-refractivity contribution is 5.80. The number of aromatic nitrogens is 2. The zero-order chi connectivity index (χ0) is 16.1. The molecule has 1 aliphatic carbocycles. The summed E-state index contributed by atoms with van der Waals surface area (Å²) in [4.78, 5) is 26.5. The standard InChI is InChI=1S/C16H26N4O2/c1-4-14(16(22)18-12-8-6-5-7-9-12)20-15(21)10-13(11-17-20)19(2)3/h10-12,14H,4-9H2,1-3H3,(H,18,22)/t14-/m0/s1. The Hall–Kier alpha value is -1.85. The van der Waals surface area contributed by atoms with Gasteiger partial charge in [0.1, 0.15) is 6.04 Å². The number of hydrogen-bond donors (Lipinski definition) is 1. The van der Waals surface area contributed by atoms with Gasteiger partial charge in [-0.05, 0) is 19.3 Å². The van der Waals surface area contributed by atoms with E-state index in [1.54, 1.807) is 6.20 Å². The Balaban J connectivity index is 2.13.